The van der Waals surface area contributed by atoms with Gasteiger partial charge in [0.15, 0.2) is 0 Å². The van der Waals surface area contributed by atoms with E-state index >= 15 is 0 Å². The Morgan fingerprint density at radius 3 is 2.47 bits per heavy atom. The summed E-state index contributed by atoms with van der Waals surface area (Å²) in [5.41, 5.74) is 4.73. The van der Waals surface area contributed by atoms with E-state index in [-0.39, 0.29) is 5.82 Å². The van der Waals surface area contributed by atoms with Gasteiger partial charge in [-0.1, -0.05) is 36.4 Å². The molecule has 0 aliphatic carbocycles. The normalized spacial score (nSPS) is 10.7. The van der Waals surface area contributed by atoms with Gasteiger partial charge < -0.3 is 5.32 Å². The van der Waals surface area contributed by atoms with Crippen LogP contribution in [0, 0.1) is 19.7 Å². The summed E-state index contributed by atoms with van der Waals surface area (Å²) in [6, 6.07) is 13.3. The summed E-state index contributed by atoms with van der Waals surface area (Å²) < 4.78 is 13.4. The first-order valence-corrected chi connectivity index (χ1v) is 6.67. The second kappa shape index (κ2) is 6.48. The monoisotopic (exact) mass is 257 g/mol. The van der Waals surface area contributed by atoms with Crippen molar-refractivity contribution < 1.29 is 4.39 Å². The molecule has 1 nitrogen and oxygen atoms in total. The fourth-order valence-corrected chi connectivity index (χ4v) is 2.15. The SMILES string of the molecule is Cc1cccc(CNCCc2ccccc2F)c1C. The minimum atomic E-state index is -0.115. The minimum Gasteiger partial charge on any atom is -0.312 e. The zero-order valence-electron chi connectivity index (χ0n) is 11.5. The maximum Gasteiger partial charge on any atom is 0.126 e. The third-order valence-electron chi connectivity index (χ3n) is 3.56. The molecule has 0 fully saturated rings. The van der Waals surface area contributed by atoms with Crippen LogP contribution in [0.3, 0.4) is 0 Å². The zero-order chi connectivity index (χ0) is 13.7. The molecular formula is C17H20FN. The second-order valence-corrected chi connectivity index (χ2v) is 4.88. The summed E-state index contributed by atoms with van der Waals surface area (Å²) in [4.78, 5) is 0. The van der Waals surface area contributed by atoms with Gasteiger partial charge >= 0.3 is 0 Å². The fraction of sp³-hybridized carbons (Fsp3) is 0.294. The number of nitrogens with one attached hydrogen (secondary N) is 1. The van der Waals surface area contributed by atoms with E-state index in [1.807, 2.05) is 12.1 Å². The van der Waals surface area contributed by atoms with Crippen molar-refractivity contribution in [3.8, 4) is 0 Å². The molecule has 0 aromatic heterocycles. The zero-order valence-corrected chi connectivity index (χ0v) is 11.5. The van der Waals surface area contributed by atoms with E-state index in [4.69, 9.17) is 0 Å². The van der Waals surface area contributed by atoms with Crippen LogP contribution in [0.4, 0.5) is 4.39 Å². The van der Waals surface area contributed by atoms with E-state index in [9.17, 15) is 4.39 Å². The third-order valence-corrected chi connectivity index (χ3v) is 3.56. The molecule has 1 N–H and O–H groups in total. The van der Waals surface area contributed by atoms with Crippen LogP contribution in [0.1, 0.15) is 22.3 Å². The van der Waals surface area contributed by atoms with Gasteiger partial charge in [0.1, 0.15) is 5.82 Å². The van der Waals surface area contributed by atoms with Crippen LogP contribution in [0.5, 0.6) is 0 Å². The Labute approximate surface area is 114 Å². The van der Waals surface area contributed by atoms with Gasteiger partial charge in [-0.15, -0.1) is 0 Å². The predicted molar refractivity (Wildman–Crippen MR) is 77.7 cm³/mol. The van der Waals surface area contributed by atoms with Crippen molar-refractivity contribution >= 4 is 0 Å². The van der Waals surface area contributed by atoms with Gasteiger partial charge in [-0.3, -0.25) is 0 Å². The molecule has 0 bridgehead atoms. The Kier molecular flexibility index (Phi) is 4.69. The predicted octanol–water partition coefficient (Wildman–Crippen LogP) is 3.77. The molecule has 0 unspecified atom stereocenters. The smallest absolute Gasteiger partial charge is 0.126 e. The average Bonchev–Trinajstić information content (AvgIpc) is 2.41. The fourth-order valence-electron chi connectivity index (χ4n) is 2.15. The van der Waals surface area contributed by atoms with Gasteiger partial charge in [0.05, 0.1) is 0 Å². The first-order valence-electron chi connectivity index (χ1n) is 6.67. The van der Waals surface area contributed by atoms with Gasteiger partial charge in [-0.25, -0.2) is 4.39 Å². The van der Waals surface area contributed by atoms with Crippen LogP contribution < -0.4 is 5.32 Å². The number of halogens is 1. The molecule has 2 aromatic rings. The molecular weight excluding hydrogens is 237 g/mol. The second-order valence-electron chi connectivity index (χ2n) is 4.88. The van der Waals surface area contributed by atoms with E-state index in [1.165, 1.54) is 22.8 Å². The molecule has 0 aliphatic rings. The van der Waals surface area contributed by atoms with Gasteiger partial charge in [0, 0.05) is 6.54 Å². The van der Waals surface area contributed by atoms with Crippen molar-refractivity contribution in [1.82, 2.24) is 5.32 Å². The molecule has 0 atom stereocenters. The molecule has 2 heteroatoms. The Hall–Kier alpha value is -1.67. The highest BCUT2D eigenvalue weighted by molar-refractivity contribution is 5.32. The molecule has 2 aromatic carbocycles. The van der Waals surface area contributed by atoms with Crippen LogP contribution in [0.2, 0.25) is 0 Å². The van der Waals surface area contributed by atoms with Crippen LogP contribution in [-0.4, -0.2) is 6.54 Å². The molecule has 0 saturated heterocycles. The number of rotatable bonds is 5. The van der Waals surface area contributed by atoms with Gasteiger partial charge in [-0.05, 0) is 55.1 Å². The van der Waals surface area contributed by atoms with Crippen molar-refractivity contribution in [2.75, 3.05) is 6.54 Å². The van der Waals surface area contributed by atoms with Gasteiger partial charge in [0.25, 0.3) is 0 Å². The van der Waals surface area contributed by atoms with E-state index in [0.717, 1.165) is 25.1 Å². The molecule has 100 valence electrons. The molecule has 2 rings (SSSR count). The van der Waals surface area contributed by atoms with E-state index in [1.54, 1.807) is 6.07 Å². The maximum absolute atomic E-state index is 13.4. The van der Waals surface area contributed by atoms with Gasteiger partial charge in [0.2, 0.25) is 0 Å². The lowest BCUT2D eigenvalue weighted by atomic mass is 10.0. The summed E-state index contributed by atoms with van der Waals surface area (Å²) in [6.07, 6.45) is 0.720. The van der Waals surface area contributed by atoms with E-state index in [0.29, 0.717) is 0 Å². The maximum atomic E-state index is 13.4. The molecule has 19 heavy (non-hydrogen) atoms. The van der Waals surface area contributed by atoms with Crippen molar-refractivity contribution in [2.45, 2.75) is 26.8 Å². The third kappa shape index (κ3) is 3.65. The standard InChI is InChI=1S/C17H20FN/c1-13-6-5-8-16(14(13)2)12-19-11-10-15-7-3-4-9-17(15)18/h3-9,19H,10-12H2,1-2H3. The largest absolute Gasteiger partial charge is 0.312 e. The van der Waals surface area contributed by atoms with Crippen molar-refractivity contribution in [1.29, 1.82) is 0 Å². The Morgan fingerprint density at radius 1 is 0.947 bits per heavy atom. The summed E-state index contributed by atoms with van der Waals surface area (Å²) >= 11 is 0. The van der Waals surface area contributed by atoms with Crippen LogP contribution in [0.15, 0.2) is 42.5 Å². The number of benzene rings is 2. The Balaban J connectivity index is 1.84. The van der Waals surface area contributed by atoms with Gasteiger partial charge in [-0.2, -0.15) is 0 Å². The van der Waals surface area contributed by atoms with Crippen molar-refractivity contribution in [3.05, 3.63) is 70.5 Å². The van der Waals surface area contributed by atoms with Crippen molar-refractivity contribution in [2.24, 2.45) is 0 Å². The minimum absolute atomic E-state index is 0.115. The highest BCUT2D eigenvalue weighted by Gasteiger charge is 2.02. The van der Waals surface area contributed by atoms with Crippen molar-refractivity contribution in [3.63, 3.8) is 0 Å². The molecule has 0 amide bonds. The molecule has 0 saturated carbocycles. The Bertz CT molecular complexity index is 549. The first-order chi connectivity index (χ1) is 9.18. The van der Waals surface area contributed by atoms with Crippen LogP contribution in [0.25, 0.3) is 0 Å². The summed E-state index contributed by atoms with van der Waals surface area (Å²) in [6.45, 7) is 5.89. The highest BCUT2D eigenvalue weighted by atomic mass is 19.1. The topological polar surface area (TPSA) is 12.0 Å². The summed E-state index contributed by atoms with van der Waals surface area (Å²) in [5.74, 6) is -0.115. The number of hydrogen-bond acceptors (Lipinski definition) is 1. The first kappa shape index (κ1) is 13.8. The lowest BCUT2D eigenvalue weighted by Gasteiger charge is -2.10. The quantitative estimate of drug-likeness (QED) is 0.804. The van der Waals surface area contributed by atoms with E-state index in [2.05, 4.69) is 37.4 Å². The molecule has 0 aliphatic heterocycles. The van der Waals surface area contributed by atoms with Crippen LogP contribution >= 0.6 is 0 Å². The summed E-state index contributed by atoms with van der Waals surface area (Å²) in [7, 11) is 0. The molecule has 0 radical (unpaired) electrons. The number of hydrogen-bond donors (Lipinski definition) is 1. The lowest BCUT2D eigenvalue weighted by Crippen LogP contribution is -2.17. The Morgan fingerprint density at radius 2 is 1.68 bits per heavy atom. The van der Waals surface area contributed by atoms with Crippen LogP contribution in [-0.2, 0) is 13.0 Å². The number of aryl methyl sites for hydroxylation is 1. The molecule has 0 heterocycles. The lowest BCUT2D eigenvalue weighted by molar-refractivity contribution is 0.597. The summed E-state index contributed by atoms with van der Waals surface area (Å²) in [5, 5.41) is 3.38. The highest BCUT2D eigenvalue weighted by Crippen LogP contribution is 2.12. The average molecular weight is 257 g/mol. The molecule has 0 spiro atoms. The van der Waals surface area contributed by atoms with E-state index < -0.39 is 0 Å².